The highest BCUT2D eigenvalue weighted by Gasteiger charge is 2.24. The maximum absolute atomic E-state index is 12.5. The fourth-order valence-electron chi connectivity index (χ4n) is 3.37. The fraction of sp³-hybridized carbons (Fsp3) is 0.350. The first-order valence-corrected chi connectivity index (χ1v) is 8.85. The Morgan fingerprint density at radius 1 is 1.04 bits per heavy atom. The summed E-state index contributed by atoms with van der Waals surface area (Å²) < 4.78 is 5.75. The van der Waals surface area contributed by atoms with Gasteiger partial charge in [-0.3, -0.25) is 4.79 Å². The Hall–Kier alpha value is -2.69. The van der Waals surface area contributed by atoms with Crippen molar-refractivity contribution in [3.63, 3.8) is 0 Å². The number of carbonyl (C=O) groups excluding carboxylic acids is 1. The summed E-state index contributed by atoms with van der Waals surface area (Å²) in [5.41, 5.74) is 3.39. The van der Waals surface area contributed by atoms with Gasteiger partial charge in [0.25, 0.3) is 0 Å². The van der Waals surface area contributed by atoms with Gasteiger partial charge in [-0.15, -0.1) is 15.0 Å². The predicted octanol–water partition coefficient (Wildman–Crippen LogP) is 4.21. The minimum absolute atomic E-state index is 0.00700. The van der Waals surface area contributed by atoms with Crippen LogP contribution in [0.3, 0.4) is 0 Å². The van der Waals surface area contributed by atoms with Gasteiger partial charge in [0.15, 0.2) is 5.75 Å². The maximum Gasteiger partial charge on any atom is 0.314 e. The number of nitrogens with zero attached hydrogens (tertiary/aromatic N) is 3. The molecule has 5 nitrogen and oxygen atoms in total. The number of ether oxygens (including phenoxy) is 1. The molecule has 0 bridgehead atoms. The molecule has 25 heavy (non-hydrogen) atoms. The van der Waals surface area contributed by atoms with Crippen LogP contribution in [-0.4, -0.2) is 21.0 Å². The van der Waals surface area contributed by atoms with E-state index in [0.29, 0.717) is 11.4 Å². The zero-order valence-corrected chi connectivity index (χ0v) is 14.3. The molecule has 1 heterocycles. The summed E-state index contributed by atoms with van der Waals surface area (Å²) in [6.07, 6.45) is 5.26. The van der Waals surface area contributed by atoms with E-state index in [9.17, 15) is 4.79 Å². The van der Waals surface area contributed by atoms with Gasteiger partial charge >= 0.3 is 5.97 Å². The lowest BCUT2D eigenvalue weighted by atomic mass is 9.89. The standard InChI is InChI=1S/C20H21N3O2/c1-14-11-12-19(25-20(24)15-7-3-2-4-8-15)18(13-14)23-21-16-9-5-6-10-17(16)22-23/h5-6,9-13,15H,2-4,7-8H2,1H3. The highest BCUT2D eigenvalue weighted by atomic mass is 16.5. The number of aromatic nitrogens is 3. The zero-order valence-electron chi connectivity index (χ0n) is 14.3. The van der Waals surface area contributed by atoms with Crippen LogP contribution in [0.5, 0.6) is 5.75 Å². The molecule has 1 saturated carbocycles. The van der Waals surface area contributed by atoms with Crippen LogP contribution in [0, 0.1) is 12.8 Å². The Labute approximate surface area is 146 Å². The number of fused-ring (bicyclic) bond motifs is 1. The van der Waals surface area contributed by atoms with Gasteiger partial charge in [-0.1, -0.05) is 37.5 Å². The number of hydrogen-bond acceptors (Lipinski definition) is 4. The molecule has 3 aromatic rings. The Kier molecular flexibility index (Phi) is 4.22. The molecule has 0 radical (unpaired) electrons. The molecule has 0 N–H and O–H groups in total. The van der Waals surface area contributed by atoms with E-state index in [1.165, 1.54) is 6.42 Å². The predicted molar refractivity (Wildman–Crippen MR) is 95.8 cm³/mol. The topological polar surface area (TPSA) is 57.0 Å². The summed E-state index contributed by atoms with van der Waals surface area (Å²) in [6.45, 7) is 2.00. The average molecular weight is 335 g/mol. The molecule has 0 amide bonds. The van der Waals surface area contributed by atoms with Crippen molar-refractivity contribution in [1.29, 1.82) is 0 Å². The molecule has 128 valence electrons. The van der Waals surface area contributed by atoms with Gasteiger partial charge in [-0.05, 0) is 49.6 Å². The van der Waals surface area contributed by atoms with Crippen LogP contribution >= 0.6 is 0 Å². The minimum Gasteiger partial charge on any atom is -0.424 e. The molecule has 4 rings (SSSR count). The number of benzene rings is 2. The van der Waals surface area contributed by atoms with Crippen molar-refractivity contribution >= 4 is 17.0 Å². The van der Waals surface area contributed by atoms with Crippen LogP contribution in [0.25, 0.3) is 16.7 Å². The molecule has 0 spiro atoms. The third-order valence-electron chi connectivity index (χ3n) is 4.77. The van der Waals surface area contributed by atoms with Crippen molar-refractivity contribution in [2.75, 3.05) is 0 Å². The van der Waals surface area contributed by atoms with Gasteiger partial charge in [0.2, 0.25) is 0 Å². The van der Waals surface area contributed by atoms with E-state index in [0.717, 1.165) is 42.3 Å². The first-order chi connectivity index (χ1) is 12.2. The van der Waals surface area contributed by atoms with Crippen molar-refractivity contribution < 1.29 is 9.53 Å². The Morgan fingerprint density at radius 2 is 1.72 bits per heavy atom. The number of aryl methyl sites for hydroxylation is 1. The van der Waals surface area contributed by atoms with Gasteiger partial charge in [0.1, 0.15) is 16.7 Å². The van der Waals surface area contributed by atoms with Crippen molar-refractivity contribution in [3.05, 3.63) is 48.0 Å². The number of carbonyl (C=O) groups is 1. The normalized spacial score (nSPS) is 15.4. The molecule has 0 aliphatic heterocycles. The molecule has 1 fully saturated rings. The molecule has 0 saturated heterocycles. The Morgan fingerprint density at radius 3 is 2.40 bits per heavy atom. The Bertz CT molecular complexity index is 877. The van der Waals surface area contributed by atoms with E-state index < -0.39 is 0 Å². The summed E-state index contributed by atoms with van der Waals surface area (Å²) in [4.78, 5) is 14.1. The molecule has 0 unspecified atom stereocenters. The average Bonchev–Trinajstić information content (AvgIpc) is 3.08. The van der Waals surface area contributed by atoms with Gasteiger partial charge in [-0.2, -0.15) is 0 Å². The number of hydrogen-bond donors (Lipinski definition) is 0. The second kappa shape index (κ2) is 6.67. The van der Waals surface area contributed by atoms with E-state index in [4.69, 9.17) is 4.74 Å². The van der Waals surface area contributed by atoms with E-state index in [-0.39, 0.29) is 11.9 Å². The van der Waals surface area contributed by atoms with E-state index in [2.05, 4.69) is 10.2 Å². The van der Waals surface area contributed by atoms with Gasteiger partial charge < -0.3 is 4.74 Å². The molecule has 1 aliphatic rings. The number of rotatable bonds is 3. The SMILES string of the molecule is Cc1ccc(OC(=O)C2CCCCC2)c(-n2nc3ccccc3n2)c1. The van der Waals surface area contributed by atoms with Crippen LogP contribution in [-0.2, 0) is 4.79 Å². The lowest BCUT2D eigenvalue weighted by Gasteiger charge is -2.20. The summed E-state index contributed by atoms with van der Waals surface area (Å²) in [7, 11) is 0. The van der Waals surface area contributed by atoms with E-state index >= 15 is 0 Å². The van der Waals surface area contributed by atoms with Gasteiger partial charge in [0, 0.05) is 0 Å². The molecule has 5 heteroatoms. The van der Waals surface area contributed by atoms with Gasteiger partial charge in [0.05, 0.1) is 5.92 Å². The maximum atomic E-state index is 12.5. The van der Waals surface area contributed by atoms with Gasteiger partial charge in [-0.25, -0.2) is 0 Å². The quantitative estimate of drug-likeness (QED) is 0.531. The minimum atomic E-state index is -0.137. The Balaban J connectivity index is 1.67. The second-order valence-corrected chi connectivity index (χ2v) is 6.71. The molecule has 2 aromatic carbocycles. The van der Waals surface area contributed by atoms with Crippen molar-refractivity contribution in [2.45, 2.75) is 39.0 Å². The molecular formula is C20H21N3O2. The summed E-state index contributed by atoms with van der Waals surface area (Å²) >= 11 is 0. The fourth-order valence-corrected chi connectivity index (χ4v) is 3.37. The molecule has 0 atom stereocenters. The molecule has 1 aliphatic carbocycles. The van der Waals surface area contributed by atoms with Crippen LogP contribution in [0.2, 0.25) is 0 Å². The first kappa shape index (κ1) is 15.8. The molecule has 1 aromatic heterocycles. The third kappa shape index (κ3) is 3.27. The third-order valence-corrected chi connectivity index (χ3v) is 4.77. The van der Waals surface area contributed by atoms with Crippen LogP contribution < -0.4 is 4.74 Å². The number of esters is 1. The van der Waals surface area contributed by atoms with E-state index in [1.54, 1.807) is 4.80 Å². The summed E-state index contributed by atoms with van der Waals surface area (Å²) in [6, 6.07) is 13.4. The van der Waals surface area contributed by atoms with Crippen molar-refractivity contribution in [3.8, 4) is 11.4 Å². The highest BCUT2D eigenvalue weighted by molar-refractivity contribution is 5.77. The largest absolute Gasteiger partial charge is 0.424 e. The summed E-state index contributed by atoms with van der Waals surface area (Å²) in [5.74, 6) is 0.385. The lowest BCUT2D eigenvalue weighted by Crippen LogP contribution is -2.23. The van der Waals surface area contributed by atoms with Crippen LogP contribution in [0.15, 0.2) is 42.5 Å². The monoisotopic (exact) mass is 335 g/mol. The van der Waals surface area contributed by atoms with Crippen molar-refractivity contribution in [2.24, 2.45) is 5.92 Å². The highest BCUT2D eigenvalue weighted by Crippen LogP contribution is 2.29. The first-order valence-electron chi connectivity index (χ1n) is 8.85. The molecular weight excluding hydrogens is 314 g/mol. The smallest absolute Gasteiger partial charge is 0.314 e. The summed E-state index contributed by atoms with van der Waals surface area (Å²) in [5, 5.41) is 9.04. The zero-order chi connectivity index (χ0) is 17.2. The van der Waals surface area contributed by atoms with Crippen LogP contribution in [0.1, 0.15) is 37.7 Å². The van der Waals surface area contributed by atoms with E-state index in [1.807, 2.05) is 49.4 Å². The second-order valence-electron chi connectivity index (χ2n) is 6.71. The van der Waals surface area contributed by atoms with Crippen LogP contribution in [0.4, 0.5) is 0 Å². The van der Waals surface area contributed by atoms with Crippen molar-refractivity contribution in [1.82, 2.24) is 15.0 Å². The lowest BCUT2D eigenvalue weighted by molar-refractivity contribution is -0.139.